The van der Waals surface area contributed by atoms with Crippen LogP contribution < -0.4 is 5.32 Å². The van der Waals surface area contributed by atoms with Gasteiger partial charge in [-0.05, 0) is 78.2 Å². The fourth-order valence-electron chi connectivity index (χ4n) is 3.79. The summed E-state index contributed by atoms with van der Waals surface area (Å²) in [7, 11) is 0. The smallest absolute Gasteiger partial charge is 0.325 e. The van der Waals surface area contributed by atoms with Gasteiger partial charge in [-0.3, -0.25) is 14.6 Å². The highest BCUT2D eigenvalue weighted by Crippen LogP contribution is 2.42. The van der Waals surface area contributed by atoms with Crippen molar-refractivity contribution in [3.05, 3.63) is 34.9 Å². The molecular weight excluding hydrogens is 364 g/mol. The van der Waals surface area contributed by atoms with Crippen molar-refractivity contribution >= 4 is 17.6 Å². The van der Waals surface area contributed by atoms with E-state index in [1.807, 2.05) is 19.1 Å². The van der Waals surface area contributed by atoms with Crippen molar-refractivity contribution in [2.45, 2.75) is 92.7 Å². The first kappa shape index (κ1) is 24.9. The van der Waals surface area contributed by atoms with Crippen LogP contribution in [-0.2, 0) is 9.59 Å². The summed E-state index contributed by atoms with van der Waals surface area (Å²) in [6.07, 6.45) is 11.9. The molecule has 0 saturated heterocycles. The number of aliphatic imine (C=N–C) groups is 1. The molecule has 0 saturated carbocycles. The van der Waals surface area contributed by atoms with E-state index >= 15 is 0 Å². The number of rotatable bonds is 9. The van der Waals surface area contributed by atoms with Gasteiger partial charge in [0, 0.05) is 5.71 Å². The van der Waals surface area contributed by atoms with Gasteiger partial charge in [0.2, 0.25) is 5.91 Å². The average Bonchev–Trinajstić information content (AvgIpc) is 2.60. The number of carboxylic acids is 1. The lowest BCUT2D eigenvalue weighted by Gasteiger charge is -2.34. The van der Waals surface area contributed by atoms with Gasteiger partial charge in [-0.25, -0.2) is 0 Å². The molecule has 0 unspecified atom stereocenters. The molecule has 0 spiro atoms. The van der Waals surface area contributed by atoms with E-state index in [9.17, 15) is 9.59 Å². The molecule has 2 atom stereocenters. The van der Waals surface area contributed by atoms with Gasteiger partial charge in [0.1, 0.15) is 12.1 Å². The Bertz CT molecular complexity index is 726. The quantitative estimate of drug-likeness (QED) is 0.315. The van der Waals surface area contributed by atoms with E-state index in [0.29, 0.717) is 5.41 Å². The van der Waals surface area contributed by atoms with E-state index < -0.39 is 24.0 Å². The summed E-state index contributed by atoms with van der Waals surface area (Å²) in [5.74, 6) is -1.45. The van der Waals surface area contributed by atoms with Crippen LogP contribution in [0.3, 0.4) is 0 Å². The number of nitrogens with zero attached hydrogens (tertiary/aromatic N) is 1. The Morgan fingerprint density at radius 2 is 1.93 bits per heavy atom. The molecule has 2 N–H and O–H groups in total. The van der Waals surface area contributed by atoms with Gasteiger partial charge in [-0.1, -0.05) is 42.7 Å². The van der Waals surface area contributed by atoms with Gasteiger partial charge in [-0.15, -0.1) is 0 Å². The third-order valence-electron chi connectivity index (χ3n) is 5.68. The maximum atomic E-state index is 12.0. The molecule has 5 nitrogen and oxygen atoms in total. The Morgan fingerprint density at radius 3 is 2.52 bits per heavy atom. The molecule has 0 aromatic carbocycles. The second-order valence-electron chi connectivity index (χ2n) is 8.88. The first-order valence-corrected chi connectivity index (χ1v) is 10.5. The Morgan fingerprint density at radius 1 is 1.28 bits per heavy atom. The minimum Gasteiger partial charge on any atom is -0.480 e. The van der Waals surface area contributed by atoms with E-state index in [1.54, 1.807) is 18.1 Å². The molecule has 0 radical (unpaired) electrons. The molecule has 1 aliphatic carbocycles. The van der Waals surface area contributed by atoms with Crippen LogP contribution in [0.1, 0.15) is 80.6 Å². The zero-order valence-corrected chi connectivity index (χ0v) is 19.1. The summed E-state index contributed by atoms with van der Waals surface area (Å²) in [4.78, 5) is 27.1. The van der Waals surface area contributed by atoms with Gasteiger partial charge < -0.3 is 10.4 Å². The molecule has 1 amide bonds. The number of aliphatic carboxylic acids is 1. The molecule has 0 heterocycles. The third kappa shape index (κ3) is 8.38. The number of nitrogens with one attached hydrogen (secondary N) is 1. The number of carbonyl (C=O) groups is 2. The minimum absolute atomic E-state index is 0.316. The van der Waals surface area contributed by atoms with Crippen LogP contribution in [0.2, 0.25) is 0 Å². The standard InChI is InChI=1S/C24H38N2O3/c1-16(13-14-21-17(2)11-9-15-24(21,6)7)10-8-12-18(3)25-19(4)22(27)26-20(5)23(28)29/h8,10,12,19-20H,9,11,13-15H2,1-7H3,(H,26,27)(H,28,29)/b12-8+,16-10+,25-18-/t19-,20-/m0/s1. The van der Waals surface area contributed by atoms with Gasteiger partial charge in [0.05, 0.1) is 0 Å². The first-order chi connectivity index (χ1) is 13.4. The maximum absolute atomic E-state index is 12.0. The van der Waals surface area contributed by atoms with E-state index in [0.717, 1.165) is 18.6 Å². The highest BCUT2D eigenvalue weighted by Gasteiger charge is 2.27. The predicted octanol–water partition coefficient (Wildman–Crippen LogP) is 5.23. The van der Waals surface area contributed by atoms with Crippen LogP contribution in [-0.4, -0.2) is 34.8 Å². The summed E-state index contributed by atoms with van der Waals surface area (Å²) in [5, 5.41) is 11.3. The van der Waals surface area contributed by atoms with Gasteiger partial charge in [0.25, 0.3) is 0 Å². The lowest BCUT2D eigenvalue weighted by atomic mass is 9.71. The Balaban J connectivity index is 2.61. The van der Waals surface area contributed by atoms with E-state index in [-0.39, 0.29) is 0 Å². The number of allylic oxidation sites excluding steroid dienone is 6. The van der Waals surface area contributed by atoms with Crippen LogP contribution in [0.4, 0.5) is 0 Å². The van der Waals surface area contributed by atoms with Crippen molar-refractivity contribution < 1.29 is 14.7 Å². The molecule has 0 fully saturated rings. The largest absolute Gasteiger partial charge is 0.480 e. The van der Waals surface area contributed by atoms with Gasteiger partial charge in [-0.2, -0.15) is 0 Å². The number of hydrogen-bond donors (Lipinski definition) is 2. The minimum atomic E-state index is -1.06. The topological polar surface area (TPSA) is 78.8 Å². The van der Waals surface area contributed by atoms with Crippen molar-refractivity contribution in [2.24, 2.45) is 10.4 Å². The summed E-state index contributed by atoms with van der Waals surface area (Å²) >= 11 is 0. The Hall–Kier alpha value is -2.17. The SMILES string of the molecule is CC1=C(CC/C(C)=C/C=C/C(C)=N\[C@@H](C)C(=O)N[C@@H](C)C(=O)O)C(C)(C)CCC1. The zero-order chi connectivity index (χ0) is 22.2. The fourth-order valence-corrected chi connectivity index (χ4v) is 3.79. The first-order valence-electron chi connectivity index (χ1n) is 10.5. The summed E-state index contributed by atoms with van der Waals surface area (Å²) in [6.45, 7) is 14.1. The fraction of sp³-hybridized carbons (Fsp3) is 0.625. The monoisotopic (exact) mass is 402 g/mol. The van der Waals surface area contributed by atoms with Crippen LogP contribution >= 0.6 is 0 Å². The normalized spacial score (nSPS) is 20.0. The maximum Gasteiger partial charge on any atom is 0.325 e. The predicted molar refractivity (Wildman–Crippen MR) is 120 cm³/mol. The number of carbonyl (C=O) groups excluding carboxylic acids is 1. The van der Waals surface area contributed by atoms with Crippen molar-refractivity contribution in [3.8, 4) is 0 Å². The summed E-state index contributed by atoms with van der Waals surface area (Å²) in [5.41, 5.74) is 5.55. The number of carboxylic acid groups (broad SMARTS) is 1. The van der Waals surface area contributed by atoms with Crippen molar-refractivity contribution in [1.82, 2.24) is 5.32 Å². The molecule has 0 aromatic heterocycles. The molecule has 0 aromatic rings. The summed E-state index contributed by atoms with van der Waals surface area (Å²) < 4.78 is 0. The molecule has 5 heteroatoms. The van der Waals surface area contributed by atoms with Crippen molar-refractivity contribution in [3.63, 3.8) is 0 Å². The molecule has 0 aliphatic heterocycles. The van der Waals surface area contributed by atoms with E-state index in [2.05, 4.69) is 44.1 Å². The van der Waals surface area contributed by atoms with Gasteiger partial charge in [0.15, 0.2) is 0 Å². The van der Waals surface area contributed by atoms with Crippen LogP contribution in [0.15, 0.2) is 39.9 Å². The van der Waals surface area contributed by atoms with Crippen molar-refractivity contribution in [2.75, 3.05) is 0 Å². The second kappa shape index (κ2) is 11.1. The average molecular weight is 403 g/mol. The van der Waals surface area contributed by atoms with E-state index in [4.69, 9.17) is 5.11 Å². The lowest BCUT2D eigenvalue weighted by Crippen LogP contribution is -2.42. The lowest BCUT2D eigenvalue weighted by molar-refractivity contribution is -0.141. The zero-order valence-electron chi connectivity index (χ0n) is 19.1. The molecular formula is C24H38N2O3. The Kier molecular flexibility index (Phi) is 9.54. The highest BCUT2D eigenvalue weighted by atomic mass is 16.4. The number of hydrogen-bond acceptors (Lipinski definition) is 3. The Labute approximate surface area is 176 Å². The van der Waals surface area contributed by atoms with Gasteiger partial charge >= 0.3 is 5.97 Å². The van der Waals surface area contributed by atoms with Crippen LogP contribution in [0, 0.1) is 5.41 Å². The van der Waals surface area contributed by atoms with Crippen LogP contribution in [0.25, 0.3) is 0 Å². The number of amides is 1. The van der Waals surface area contributed by atoms with Crippen molar-refractivity contribution in [1.29, 1.82) is 0 Å². The molecule has 29 heavy (non-hydrogen) atoms. The van der Waals surface area contributed by atoms with E-state index in [1.165, 1.54) is 31.8 Å². The molecule has 1 rings (SSSR count). The second-order valence-corrected chi connectivity index (χ2v) is 8.88. The molecule has 1 aliphatic rings. The molecule has 0 bridgehead atoms. The molecule has 162 valence electrons. The summed E-state index contributed by atoms with van der Waals surface area (Å²) in [6, 6.07) is -1.55. The van der Waals surface area contributed by atoms with Crippen LogP contribution in [0.5, 0.6) is 0 Å². The highest BCUT2D eigenvalue weighted by molar-refractivity contribution is 5.95. The third-order valence-corrected chi connectivity index (χ3v) is 5.68.